The maximum absolute atomic E-state index is 2.40. The normalized spacial score (nSPS) is 11.9. The van der Waals surface area contributed by atoms with Crippen LogP contribution in [0.1, 0.15) is 37.5 Å². The first-order chi connectivity index (χ1) is 28.2. The Morgan fingerprint density at radius 3 is 1.53 bits per heavy atom. The van der Waals surface area contributed by atoms with Crippen LogP contribution in [-0.2, 0) is 5.41 Å². The Kier molecular flexibility index (Phi) is 8.53. The van der Waals surface area contributed by atoms with Gasteiger partial charge in [0, 0.05) is 33.5 Å². The summed E-state index contributed by atoms with van der Waals surface area (Å²) in [5.74, 6) is 0. The third kappa shape index (κ3) is 6.04. The number of anilines is 3. The molecule has 10 aromatic rings. The lowest BCUT2D eigenvalue weighted by atomic mass is 9.87. The molecule has 0 saturated heterocycles. The minimum atomic E-state index is 0.108. The Bertz CT molecular complexity index is 3130. The van der Waals surface area contributed by atoms with Crippen molar-refractivity contribution in [1.29, 1.82) is 0 Å². The Morgan fingerprint density at radius 1 is 0.362 bits per heavy atom. The van der Waals surface area contributed by atoms with Crippen LogP contribution in [0.3, 0.4) is 0 Å². The number of aromatic nitrogens is 1. The van der Waals surface area contributed by atoms with Crippen LogP contribution >= 0.6 is 0 Å². The van der Waals surface area contributed by atoms with Crippen molar-refractivity contribution in [3.63, 3.8) is 0 Å². The van der Waals surface area contributed by atoms with Crippen molar-refractivity contribution in [2.24, 2.45) is 0 Å². The summed E-state index contributed by atoms with van der Waals surface area (Å²) in [7, 11) is 0. The number of hydrogen-bond donors (Lipinski definition) is 0. The van der Waals surface area contributed by atoms with Crippen molar-refractivity contribution < 1.29 is 0 Å². The van der Waals surface area contributed by atoms with Crippen LogP contribution in [0.25, 0.3) is 71.3 Å². The molecular formula is C56H46N2. The highest BCUT2D eigenvalue weighted by Gasteiger charge is 2.19. The van der Waals surface area contributed by atoms with E-state index < -0.39 is 0 Å². The van der Waals surface area contributed by atoms with Gasteiger partial charge in [-0.25, -0.2) is 0 Å². The van der Waals surface area contributed by atoms with Gasteiger partial charge in [0.2, 0.25) is 0 Å². The molecule has 2 nitrogen and oxygen atoms in total. The van der Waals surface area contributed by atoms with Crippen molar-refractivity contribution in [3.05, 3.63) is 205 Å². The van der Waals surface area contributed by atoms with Gasteiger partial charge < -0.3 is 9.47 Å². The monoisotopic (exact) mass is 746 g/mol. The number of benzene rings is 9. The lowest BCUT2D eigenvalue weighted by Crippen LogP contribution is -2.10. The van der Waals surface area contributed by atoms with Gasteiger partial charge in [-0.05, 0) is 146 Å². The molecule has 1 aromatic heterocycles. The molecule has 0 bridgehead atoms. The summed E-state index contributed by atoms with van der Waals surface area (Å²) in [6, 6.07) is 69.2. The van der Waals surface area contributed by atoms with E-state index in [-0.39, 0.29) is 5.41 Å². The number of rotatable bonds is 6. The van der Waals surface area contributed by atoms with Crippen molar-refractivity contribution in [3.8, 4) is 27.9 Å². The summed E-state index contributed by atoms with van der Waals surface area (Å²) < 4.78 is 2.40. The average molecular weight is 747 g/mol. The second-order valence-corrected chi connectivity index (χ2v) is 16.7. The van der Waals surface area contributed by atoms with E-state index in [4.69, 9.17) is 0 Å². The van der Waals surface area contributed by atoms with Crippen LogP contribution in [0, 0.1) is 13.8 Å². The molecule has 0 aliphatic rings. The molecule has 58 heavy (non-hydrogen) atoms. The molecule has 1 heterocycles. The third-order valence-corrected chi connectivity index (χ3v) is 12.2. The SMILES string of the molecule is Cc1c(C)c2cc(N(c3ccc(-c4ccccc4)cc3)c3ccc(-c4ccc5c(c4)c4ccccc4n5-c4ccc(C(C)(C)C)cc4)cc3)ccc2c2ccccc12. The smallest absolute Gasteiger partial charge is 0.0541 e. The summed E-state index contributed by atoms with van der Waals surface area (Å²) in [5, 5.41) is 7.71. The lowest BCUT2D eigenvalue weighted by Gasteiger charge is -2.27. The fraction of sp³-hybridized carbons (Fsp3) is 0.107. The molecule has 0 radical (unpaired) electrons. The zero-order valence-corrected chi connectivity index (χ0v) is 33.8. The molecule has 0 spiro atoms. The molecule has 0 aliphatic carbocycles. The number of para-hydroxylation sites is 1. The minimum absolute atomic E-state index is 0.108. The van der Waals surface area contributed by atoms with Gasteiger partial charge in [-0.1, -0.05) is 142 Å². The molecule has 280 valence electrons. The van der Waals surface area contributed by atoms with Crippen LogP contribution in [0.4, 0.5) is 17.1 Å². The Hall–Kier alpha value is -6.90. The van der Waals surface area contributed by atoms with Crippen molar-refractivity contribution in [1.82, 2.24) is 4.57 Å². The van der Waals surface area contributed by atoms with E-state index in [0.29, 0.717) is 0 Å². The predicted octanol–water partition coefficient (Wildman–Crippen LogP) is 15.8. The van der Waals surface area contributed by atoms with Gasteiger partial charge in [0.15, 0.2) is 0 Å². The first kappa shape index (κ1) is 35.5. The molecule has 0 N–H and O–H groups in total. The predicted molar refractivity (Wildman–Crippen MR) is 250 cm³/mol. The average Bonchev–Trinajstić information content (AvgIpc) is 3.60. The topological polar surface area (TPSA) is 8.17 Å². The van der Waals surface area contributed by atoms with Gasteiger partial charge >= 0.3 is 0 Å². The molecular weight excluding hydrogens is 701 g/mol. The highest BCUT2D eigenvalue weighted by atomic mass is 15.1. The Balaban J connectivity index is 1.07. The van der Waals surface area contributed by atoms with E-state index in [0.717, 1.165) is 17.1 Å². The lowest BCUT2D eigenvalue weighted by molar-refractivity contribution is 0.590. The maximum Gasteiger partial charge on any atom is 0.0541 e. The van der Waals surface area contributed by atoms with E-state index in [1.54, 1.807) is 0 Å². The third-order valence-electron chi connectivity index (χ3n) is 12.2. The van der Waals surface area contributed by atoms with Gasteiger partial charge in [-0.15, -0.1) is 0 Å². The van der Waals surface area contributed by atoms with Crippen molar-refractivity contribution >= 4 is 60.4 Å². The number of fused-ring (bicyclic) bond motifs is 6. The van der Waals surface area contributed by atoms with Crippen molar-refractivity contribution in [2.45, 2.75) is 40.0 Å². The van der Waals surface area contributed by atoms with Crippen LogP contribution in [-0.4, -0.2) is 4.57 Å². The van der Waals surface area contributed by atoms with Crippen LogP contribution in [0.15, 0.2) is 188 Å². The molecule has 0 atom stereocenters. The molecule has 0 fully saturated rings. The van der Waals surface area contributed by atoms with Crippen molar-refractivity contribution in [2.75, 3.05) is 4.90 Å². The first-order valence-corrected chi connectivity index (χ1v) is 20.3. The van der Waals surface area contributed by atoms with Gasteiger partial charge in [0.05, 0.1) is 11.0 Å². The van der Waals surface area contributed by atoms with Crippen LogP contribution < -0.4 is 4.90 Å². The largest absolute Gasteiger partial charge is 0.310 e. The molecule has 0 aliphatic heterocycles. The van der Waals surface area contributed by atoms with Gasteiger partial charge in [0.1, 0.15) is 0 Å². The fourth-order valence-corrected chi connectivity index (χ4v) is 8.89. The second kappa shape index (κ2) is 13.9. The number of nitrogens with zero attached hydrogens (tertiary/aromatic N) is 2. The van der Waals surface area contributed by atoms with Gasteiger partial charge in [-0.3, -0.25) is 0 Å². The molecule has 0 saturated carbocycles. The fourth-order valence-electron chi connectivity index (χ4n) is 8.89. The van der Waals surface area contributed by atoms with E-state index in [2.05, 4.69) is 232 Å². The Morgan fingerprint density at radius 2 is 0.862 bits per heavy atom. The van der Waals surface area contributed by atoms with E-state index in [9.17, 15) is 0 Å². The molecule has 9 aromatic carbocycles. The zero-order chi connectivity index (χ0) is 39.5. The summed E-state index contributed by atoms with van der Waals surface area (Å²) in [6.07, 6.45) is 0. The molecule has 0 unspecified atom stereocenters. The zero-order valence-electron chi connectivity index (χ0n) is 33.8. The molecule has 0 amide bonds. The first-order valence-electron chi connectivity index (χ1n) is 20.3. The van der Waals surface area contributed by atoms with E-state index in [1.807, 2.05) is 0 Å². The quantitative estimate of drug-likeness (QED) is 0.154. The molecule has 10 rings (SSSR count). The highest BCUT2D eigenvalue weighted by molar-refractivity contribution is 6.12. The number of aryl methyl sites for hydroxylation is 2. The van der Waals surface area contributed by atoms with E-state index in [1.165, 1.54) is 88.0 Å². The van der Waals surface area contributed by atoms with Crippen LogP contribution in [0.5, 0.6) is 0 Å². The van der Waals surface area contributed by atoms with Crippen LogP contribution in [0.2, 0.25) is 0 Å². The molecule has 2 heteroatoms. The summed E-state index contributed by atoms with van der Waals surface area (Å²) >= 11 is 0. The maximum atomic E-state index is 2.40. The number of hydrogen-bond acceptors (Lipinski definition) is 1. The summed E-state index contributed by atoms with van der Waals surface area (Å²) in [6.45, 7) is 11.3. The summed E-state index contributed by atoms with van der Waals surface area (Å²) in [4.78, 5) is 2.39. The highest BCUT2D eigenvalue weighted by Crippen LogP contribution is 2.41. The summed E-state index contributed by atoms with van der Waals surface area (Å²) in [5.41, 5.74) is 15.9. The second-order valence-electron chi connectivity index (χ2n) is 16.7. The standard InChI is InChI=1S/C56H46N2/c1-37-38(2)52-36-47(32-33-50(52)49-16-10-9-15-48(37)49)57(44-26-19-40(20-27-44)39-13-7-6-8-14-39)45-28-21-41(22-29-45)42-23-34-55-53(35-42)51-17-11-12-18-54(51)58(55)46-30-24-43(25-31-46)56(3,4)5/h6-36H,1-5H3. The van der Waals surface area contributed by atoms with E-state index >= 15 is 0 Å². The minimum Gasteiger partial charge on any atom is -0.310 e. The van der Waals surface area contributed by atoms with Gasteiger partial charge in [0.25, 0.3) is 0 Å². The Labute approximate surface area is 341 Å². The van der Waals surface area contributed by atoms with Gasteiger partial charge in [-0.2, -0.15) is 0 Å².